The number of benzene rings is 1. The van der Waals surface area contributed by atoms with Gasteiger partial charge in [0.2, 0.25) is 5.13 Å². The van der Waals surface area contributed by atoms with Crippen LogP contribution in [0.5, 0.6) is 0 Å². The number of hydrogen-bond acceptors (Lipinski definition) is 3. The lowest BCUT2D eigenvalue weighted by Crippen LogP contribution is -2.13. The Morgan fingerprint density at radius 3 is 2.47 bits per heavy atom. The number of aryl methyl sites for hydroxylation is 1. The van der Waals surface area contributed by atoms with E-state index in [1.807, 2.05) is 0 Å². The highest BCUT2D eigenvalue weighted by Crippen LogP contribution is 2.36. The minimum atomic E-state index is -1.45. The smallest absolute Gasteiger partial charge is 0.269 e. The van der Waals surface area contributed by atoms with Crippen molar-refractivity contribution in [3.8, 4) is 0 Å². The summed E-state index contributed by atoms with van der Waals surface area (Å²) in [6.07, 6.45) is 0. The third-order valence-corrected chi connectivity index (χ3v) is 3.69. The first-order valence-corrected chi connectivity index (χ1v) is 5.88. The van der Waals surface area contributed by atoms with Gasteiger partial charge in [-0.3, -0.25) is 4.79 Å². The highest BCUT2D eigenvalue weighted by Gasteiger charge is 2.24. The summed E-state index contributed by atoms with van der Waals surface area (Å²) in [5.41, 5.74) is -1.82. The third-order valence-electron chi connectivity index (χ3n) is 2.74. The maximum absolute atomic E-state index is 14.1. The molecule has 0 unspecified atom stereocenters. The molecular weight excluding hydrogens is 284 g/mol. The summed E-state index contributed by atoms with van der Waals surface area (Å²) in [6.45, 7) is 1.30. The van der Waals surface area contributed by atoms with E-state index >= 15 is 0 Å². The zero-order valence-corrected chi connectivity index (χ0v) is 10.1. The molecule has 1 N–H and O–H groups in total. The van der Waals surface area contributed by atoms with Crippen molar-refractivity contribution in [3.63, 3.8) is 0 Å². The molecule has 0 fully saturated rings. The van der Waals surface area contributed by atoms with Crippen molar-refractivity contribution in [3.05, 3.63) is 38.6 Å². The van der Waals surface area contributed by atoms with Gasteiger partial charge in [0, 0.05) is 0 Å². The molecule has 0 spiro atoms. The van der Waals surface area contributed by atoms with Crippen molar-refractivity contribution in [1.82, 2.24) is 9.97 Å². The molecule has 0 saturated carbocycles. The van der Waals surface area contributed by atoms with Gasteiger partial charge in [-0.2, -0.15) is 4.39 Å². The number of aromatic amines is 1. The Balaban J connectivity index is 2.68. The highest BCUT2D eigenvalue weighted by molar-refractivity contribution is 7.17. The lowest BCUT2D eigenvalue weighted by molar-refractivity contribution is 0.532. The van der Waals surface area contributed by atoms with E-state index < -0.39 is 49.3 Å². The Hall–Kier alpha value is -1.96. The van der Waals surface area contributed by atoms with Gasteiger partial charge in [-0.15, -0.1) is 0 Å². The molecule has 0 aliphatic rings. The molecule has 19 heavy (non-hydrogen) atoms. The van der Waals surface area contributed by atoms with Gasteiger partial charge in [0.25, 0.3) is 5.56 Å². The van der Waals surface area contributed by atoms with Crippen molar-refractivity contribution < 1.29 is 17.6 Å². The van der Waals surface area contributed by atoms with Gasteiger partial charge in [-0.05, 0) is 6.92 Å². The fourth-order valence-electron chi connectivity index (χ4n) is 1.82. The summed E-state index contributed by atoms with van der Waals surface area (Å²) in [7, 11) is 0. The van der Waals surface area contributed by atoms with E-state index in [1.165, 1.54) is 6.92 Å². The molecule has 1 aromatic carbocycles. The Morgan fingerprint density at radius 2 is 1.79 bits per heavy atom. The molecule has 0 saturated heterocycles. The lowest BCUT2D eigenvalue weighted by Gasteiger charge is -2.03. The molecule has 8 heteroatoms. The van der Waals surface area contributed by atoms with E-state index in [0.29, 0.717) is 0 Å². The molecule has 0 radical (unpaired) electrons. The van der Waals surface area contributed by atoms with Crippen molar-refractivity contribution in [2.45, 2.75) is 6.92 Å². The number of nitrogens with zero attached hydrogens (tertiary/aromatic N) is 1. The molecule has 2 heterocycles. The number of nitrogens with one attached hydrogen (secondary N) is 1. The topological polar surface area (TPSA) is 45.8 Å². The van der Waals surface area contributed by atoms with E-state index in [0.717, 1.165) is 0 Å². The Bertz CT molecular complexity index is 899. The van der Waals surface area contributed by atoms with E-state index in [9.17, 15) is 22.4 Å². The number of fused-ring (bicyclic) bond motifs is 2. The van der Waals surface area contributed by atoms with Crippen molar-refractivity contribution in [1.29, 1.82) is 0 Å². The summed E-state index contributed by atoms with van der Waals surface area (Å²) in [4.78, 5) is 17.1. The number of H-pyrrole nitrogens is 1. The van der Waals surface area contributed by atoms with Crippen molar-refractivity contribution >= 4 is 32.5 Å². The zero-order valence-electron chi connectivity index (χ0n) is 9.28. The molecule has 3 rings (SSSR count). The Labute approximate surface area is 106 Å². The number of rotatable bonds is 0. The minimum Gasteiger partial charge on any atom is -0.316 e. The third kappa shape index (κ3) is 1.49. The van der Waals surface area contributed by atoms with Crippen molar-refractivity contribution in [2.75, 3.05) is 0 Å². The molecule has 3 nitrogen and oxygen atoms in total. The summed E-state index contributed by atoms with van der Waals surface area (Å²) in [5, 5.41) is -2.10. The summed E-state index contributed by atoms with van der Waals surface area (Å²) >= 11 is 0.138. The first kappa shape index (κ1) is 12.1. The monoisotopic (exact) mass is 288 g/mol. The highest BCUT2D eigenvalue weighted by atomic mass is 32.1. The Kier molecular flexibility index (Phi) is 2.40. The van der Waals surface area contributed by atoms with Crippen LogP contribution in [0.25, 0.3) is 21.1 Å². The summed E-state index contributed by atoms with van der Waals surface area (Å²) in [5.74, 6) is -3.74. The molecule has 98 valence electrons. The van der Waals surface area contributed by atoms with E-state index in [2.05, 4.69) is 9.97 Å². The average molecular weight is 288 g/mol. The molecule has 0 aliphatic heterocycles. The minimum absolute atomic E-state index is 0.0961. The first-order valence-electron chi connectivity index (χ1n) is 5.07. The van der Waals surface area contributed by atoms with Crippen LogP contribution in [-0.2, 0) is 0 Å². The number of hydrogen-bond donors (Lipinski definition) is 1. The normalized spacial score (nSPS) is 11.6. The predicted octanol–water partition coefficient (Wildman–Crippen LogP) is 3.00. The maximum Gasteiger partial charge on any atom is 0.269 e. The quantitative estimate of drug-likeness (QED) is 0.646. The fourth-order valence-corrected chi connectivity index (χ4v) is 2.66. The molecule has 2 aromatic heterocycles. The molecule has 0 atom stereocenters. The second kappa shape index (κ2) is 3.77. The number of aromatic nitrogens is 2. The zero-order chi connectivity index (χ0) is 13.9. The maximum atomic E-state index is 14.1. The largest absolute Gasteiger partial charge is 0.316 e. The van der Waals surface area contributed by atoms with Crippen LogP contribution in [0.2, 0.25) is 0 Å². The van der Waals surface area contributed by atoms with Crippen LogP contribution >= 0.6 is 11.3 Å². The lowest BCUT2D eigenvalue weighted by atomic mass is 10.2. The van der Waals surface area contributed by atoms with Crippen molar-refractivity contribution in [2.24, 2.45) is 0 Å². The first-order chi connectivity index (χ1) is 8.91. The number of thiophene rings is 1. The van der Waals surface area contributed by atoms with Gasteiger partial charge in [-0.25, -0.2) is 18.2 Å². The van der Waals surface area contributed by atoms with Crippen LogP contribution in [0.3, 0.4) is 0 Å². The fraction of sp³-hybridized carbons (Fsp3) is 0.0909. The SMILES string of the molecule is Cc1nc2c(F)c3c(F)c(F)sc3c(F)c2[nH]c1=O. The molecular formula is C11H4F4N2OS. The van der Waals surface area contributed by atoms with Crippen LogP contribution in [0.4, 0.5) is 17.6 Å². The van der Waals surface area contributed by atoms with E-state index in [1.54, 1.807) is 0 Å². The van der Waals surface area contributed by atoms with Gasteiger partial charge >= 0.3 is 0 Å². The second-order valence-electron chi connectivity index (χ2n) is 3.90. The van der Waals surface area contributed by atoms with Gasteiger partial charge in [0.05, 0.1) is 10.1 Å². The number of halogens is 4. The van der Waals surface area contributed by atoms with Crippen LogP contribution in [0.1, 0.15) is 5.69 Å². The molecule has 0 bridgehead atoms. The predicted molar refractivity (Wildman–Crippen MR) is 62.3 cm³/mol. The summed E-state index contributed by atoms with van der Waals surface area (Å²) in [6, 6.07) is 0. The van der Waals surface area contributed by atoms with Gasteiger partial charge in [0.15, 0.2) is 17.5 Å². The molecule has 0 amide bonds. The second-order valence-corrected chi connectivity index (χ2v) is 4.87. The van der Waals surface area contributed by atoms with Crippen LogP contribution < -0.4 is 5.56 Å². The van der Waals surface area contributed by atoms with Gasteiger partial charge in [0.1, 0.15) is 16.7 Å². The van der Waals surface area contributed by atoms with Crippen LogP contribution in [0, 0.1) is 29.5 Å². The van der Waals surface area contributed by atoms with E-state index in [-0.39, 0.29) is 17.0 Å². The van der Waals surface area contributed by atoms with Crippen LogP contribution in [0.15, 0.2) is 4.79 Å². The van der Waals surface area contributed by atoms with E-state index in [4.69, 9.17) is 0 Å². The molecule has 3 aromatic rings. The van der Waals surface area contributed by atoms with Gasteiger partial charge < -0.3 is 4.98 Å². The van der Waals surface area contributed by atoms with Gasteiger partial charge in [-0.1, -0.05) is 11.3 Å². The van der Waals surface area contributed by atoms with Crippen LogP contribution in [-0.4, -0.2) is 9.97 Å². The average Bonchev–Trinajstić information content (AvgIpc) is 2.66. The Morgan fingerprint density at radius 1 is 1.11 bits per heavy atom. The molecule has 0 aliphatic carbocycles. The standard InChI is InChI=1S/C11H4F4N2OS/c1-2-11(18)17-8-6(14)9-3(4(12)7(8)16-2)5(13)10(15)19-9/h1H3,(H,17,18). The summed E-state index contributed by atoms with van der Waals surface area (Å²) < 4.78 is 54.2.